The molecule has 0 aliphatic heterocycles. The van der Waals surface area contributed by atoms with E-state index in [9.17, 15) is 0 Å². The minimum atomic E-state index is 0.645. The Bertz CT molecular complexity index is 237. The van der Waals surface area contributed by atoms with Gasteiger partial charge in [0.2, 0.25) is 0 Å². The van der Waals surface area contributed by atoms with Gasteiger partial charge in [0.15, 0.2) is 0 Å². The summed E-state index contributed by atoms with van der Waals surface area (Å²) in [7, 11) is 0. The van der Waals surface area contributed by atoms with Crippen LogP contribution in [0.3, 0.4) is 0 Å². The zero-order chi connectivity index (χ0) is 7.72. The molecule has 0 radical (unpaired) electrons. The minimum Gasteiger partial charge on any atom is -0.399 e. The lowest BCUT2D eigenvalue weighted by Crippen LogP contribution is -1.91. The molecule has 0 aliphatic rings. The van der Waals surface area contributed by atoms with Crippen LogP contribution in [0.5, 0.6) is 0 Å². The van der Waals surface area contributed by atoms with Gasteiger partial charge in [-0.1, -0.05) is 0 Å². The van der Waals surface area contributed by atoms with Gasteiger partial charge in [0.25, 0.3) is 0 Å². The molecule has 0 saturated heterocycles. The fraction of sp³-hybridized carbons (Fsp3) is 0. The molecule has 0 atom stereocenters. The smallest absolute Gasteiger partial charge is 0.0548 e. The molecule has 1 aromatic carbocycles. The van der Waals surface area contributed by atoms with Crippen LogP contribution in [-0.4, -0.2) is 0 Å². The largest absolute Gasteiger partial charge is 0.399 e. The molecule has 10 heavy (non-hydrogen) atoms. The maximum Gasteiger partial charge on any atom is 0.0548 e. The second kappa shape index (κ2) is 2.80. The first-order valence-corrected chi connectivity index (χ1v) is 4.20. The van der Waals surface area contributed by atoms with Crippen LogP contribution in [0.1, 0.15) is 0 Å². The predicted octanol–water partition coefficient (Wildman–Crippen LogP) is 2.38. The number of rotatable bonds is 0. The van der Waals surface area contributed by atoms with Gasteiger partial charge in [0.1, 0.15) is 0 Å². The standard InChI is InChI=1S/C6H6Br2N2/c7-4-1-3(9)2-5(10)6(4)8/h1-2H,9-10H2. The molecule has 0 fully saturated rings. The lowest BCUT2D eigenvalue weighted by Gasteiger charge is -2.01. The van der Waals surface area contributed by atoms with Crippen molar-refractivity contribution in [1.82, 2.24) is 0 Å². The van der Waals surface area contributed by atoms with Crippen molar-refractivity contribution in [2.75, 3.05) is 11.5 Å². The van der Waals surface area contributed by atoms with Gasteiger partial charge in [-0.3, -0.25) is 0 Å². The summed E-state index contributed by atoms with van der Waals surface area (Å²) in [5, 5.41) is 0. The lowest BCUT2D eigenvalue weighted by atomic mass is 10.3. The van der Waals surface area contributed by atoms with Crippen molar-refractivity contribution in [1.29, 1.82) is 0 Å². The maximum atomic E-state index is 5.56. The molecular formula is C6H6Br2N2. The van der Waals surface area contributed by atoms with E-state index in [0.717, 1.165) is 8.95 Å². The molecule has 0 unspecified atom stereocenters. The van der Waals surface area contributed by atoms with E-state index in [1.54, 1.807) is 12.1 Å². The third kappa shape index (κ3) is 1.44. The minimum absolute atomic E-state index is 0.645. The van der Waals surface area contributed by atoms with E-state index in [0.29, 0.717) is 11.4 Å². The third-order valence-electron chi connectivity index (χ3n) is 1.08. The summed E-state index contributed by atoms with van der Waals surface area (Å²) in [6, 6.07) is 3.50. The fourth-order valence-electron chi connectivity index (χ4n) is 0.632. The van der Waals surface area contributed by atoms with Gasteiger partial charge in [-0.2, -0.15) is 0 Å². The predicted molar refractivity (Wildman–Crippen MR) is 50.7 cm³/mol. The number of hydrogen-bond donors (Lipinski definition) is 2. The van der Waals surface area contributed by atoms with E-state index in [1.165, 1.54) is 0 Å². The number of benzene rings is 1. The van der Waals surface area contributed by atoms with Gasteiger partial charge in [0, 0.05) is 15.8 Å². The molecule has 0 heterocycles. The van der Waals surface area contributed by atoms with Crippen LogP contribution in [0.15, 0.2) is 21.1 Å². The molecular weight excluding hydrogens is 260 g/mol. The molecule has 0 bridgehead atoms. The number of hydrogen-bond acceptors (Lipinski definition) is 2. The molecule has 0 amide bonds. The first kappa shape index (κ1) is 7.88. The molecule has 0 aliphatic carbocycles. The molecule has 0 aromatic heterocycles. The highest BCUT2D eigenvalue weighted by atomic mass is 79.9. The van der Waals surface area contributed by atoms with E-state index in [-0.39, 0.29) is 0 Å². The molecule has 1 rings (SSSR count). The van der Waals surface area contributed by atoms with Crippen LogP contribution >= 0.6 is 31.9 Å². The topological polar surface area (TPSA) is 52.0 Å². The second-order valence-corrected chi connectivity index (χ2v) is 3.55. The average Bonchev–Trinajstić information content (AvgIpc) is 1.82. The van der Waals surface area contributed by atoms with Gasteiger partial charge in [-0.15, -0.1) is 0 Å². The Hall–Kier alpha value is -0.220. The number of nitrogen functional groups attached to an aromatic ring is 2. The number of anilines is 2. The summed E-state index contributed by atoms with van der Waals surface area (Å²) in [6.07, 6.45) is 0. The van der Waals surface area contributed by atoms with Gasteiger partial charge >= 0.3 is 0 Å². The van der Waals surface area contributed by atoms with Crippen LogP contribution in [0.4, 0.5) is 11.4 Å². The Morgan fingerprint density at radius 3 is 2.20 bits per heavy atom. The monoisotopic (exact) mass is 264 g/mol. The first-order chi connectivity index (χ1) is 4.61. The number of halogens is 2. The van der Waals surface area contributed by atoms with Crippen molar-refractivity contribution in [2.24, 2.45) is 0 Å². The van der Waals surface area contributed by atoms with Gasteiger partial charge in [0.05, 0.1) is 4.47 Å². The van der Waals surface area contributed by atoms with Crippen molar-refractivity contribution < 1.29 is 0 Å². The van der Waals surface area contributed by atoms with Crippen molar-refractivity contribution in [3.63, 3.8) is 0 Å². The Morgan fingerprint density at radius 2 is 1.70 bits per heavy atom. The Labute approximate surface area is 75.8 Å². The van der Waals surface area contributed by atoms with Crippen molar-refractivity contribution in [3.8, 4) is 0 Å². The van der Waals surface area contributed by atoms with E-state index in [4.69, 9.17) is 11.5 Å². The molecule has 0 saturated carbocycles. The van der Waals surface area contributed by atoms with Crippen LogP contribution in [-0.2, 0) is 0 Å². The van der Waals surface area contributed by atoms with Crippen molar-refractivity contribution in [3.05, 3.63) is 21.1 Å². The SMILES string of the molecule is Nc1cc(N)c(Br)c(Br)c1. The summed E-state index contributed by atoms with van der Waals surface area (Å²) in [6.45, 7) is 0. The summed E-state index contributed by atoms with van der Waals surface area (Å²) < 4.78 is 1.73. The zero-order valence-electron chi connectivity index (χ0n) is 5.07. The van der Waals surface area contributed by atoms with Crippen LogP contribution in [0.2, 0.25) is 0 Å². The third-order valence-corrected chi connectivity index (χ3v) is 3.12. The molecule has 4 heteroatoms. The molecule has 54 valence electrons. The molecule has 4 N–H and O–H groups in total. The maximum absolute atomic E-state index is 5.56. The Balaban J connectivity index is 3.31. The summed E-state index contributed by atoms with van der Waals surface area (Å²) in [5.41, 5.74) is 12.4. The summed E-state index contributed by atoms with van der Waals surface area (Å²) >= 11 is 6.58. The van der Waals surface area contributed by atoms with E-state index in [1.807, 2.05) is 0 Å². The molecule has 2 nitrogen and oxygen atoms in total. The normalized spacial score (nSPS) is 9.80. The van der Waals surface area contributed by atoms with Gasteiger partial charge < -0.3 is 11.5 Å². The highest BCUT2D eigenvalue weighted by Crippen LogP contribution is 2.30. The average molecular weight is 266 g/mol. The quantitative estimate of drug-likeness (QED) is 0.708. The Kier molecular flexibility index (Phi) is 2.21. The van der Waals surface area contributed by atoms with Gasteiger partial charge in [-0.05, 0) is 44.0 Å². The van der Waals surface area contributed by atoms with E-state index >= 15 is 0 Å². The van der Waals surface area contributed by atoms with E-state index in [2.05, 4.69) is 31.9 Å². The second-order valence-electron chi connectivity index (χ2n) is 1.91. The fourth-order valence-corrected chi connectivity index (χ4v) is 1.35. The highest BCUT2D eigenvalue weighted by Gasteiger charge is 2.00. The highest BCUT2D eigenvalue weighted by molar-refractivity contribution is 9.13. The summed E-state index contributed by atoms with van der Waals surface area (Å²) in [5.74, 6) is 0. The van der Waals surface area contributed by atoms with Crippen LogP contribution in [0, 0.1) is 0 Å². The summed E-state index contributed by atoms with van der Waals surface area (Å²) in [4.78, 5) is 0. The molecule has 0 spiro atoms. The lowest BCUT2D eigenvalue weighted by molar-refractivity contribution is 1.57. The van der Waals surface area contributed by atoms with Gasteiger partial charge in [-0.25, -0.2) is 0 Å². The number of nitrogens with two attached hydrogens (primary N) is 2. The van der Waals surface area contributed by atoms with Crippen LogP contribution < -0.4 is 11.5 Å². The van der Waals surface area contributed by atoms with E-state index < -0.39 is 0 Å². The Morgan fingerprint density at radius 1 is 1.10 bits per heavy atom. The zero-order valence-corrected chi connectivity index (χ0v) is 8.24. The molecule has 1 aromatic rings. The van der Waals surface area contributed by atoms with Crippen molar-refractivity contribution in [2.45, 2.75) is 0 Å². The van der Waals surface area contributed by atoms with Crippen molar-refractivity contribution >= 4 is 43.2 Å². The van der Waals surface area contributed by atoms with Crippen LogP contribution in [0.25, 0.3) is 0 Å². The first-order valence-electron chi connectivity index (χ1n) is 2.61.